The molecule has 2 nitrogen and oxygen atoms in total. The van der Waals surface area contributed by atoms with Crippen molar-refractivity contribution < 1.29 is 14.6 Å². The third-order valence-corrected chi connectivity index (χ3v) is 0.653. The Morgan fingerprint density at radius 2 is 2.14 bits per heavy atom. The summed E-state index contributed by atoms with van der Waals surface area (Å²) in [5.74, 6) is 0. The Labute approximate surface area is 41.6 Å². The molecule has 0 aromatic carbocycles. The van der Waals surface area contributed by atoms with Crippen LogP contribution < -0.4 is 0 Å². The largest absolute Gasteiger partial charge is 0.394 e. The van der Waals surface area contributed by atoms with Crippen molar-refractivity contribution in [2.24, 2.45) is 0 Å². The van der Waals surface area contributed by atoms with Gasteiger partial charge in [0.1, 0.15) is 0 Å². The van der Waals surface area contributed by atoms with E-state index in [4.69, 9.17) is 10.2 Å². The van der Waals surface area contributed by atoms with Gasteiger partial charge < -0.3 is 10.2 Å². The summed E-state index contributed by atoms with van der Waals surface area (Å²) in [7, 11) is 0. The fourth-order valence-electron chi connectivity index (χ4n) is 0.217. The molecule has 0 heterocycles. The molecule has 0 aromatic rings. The zero-order valence-electron chi connectivity index (χ0n) is 3.97. The quantitative estimate of drug-likeness (QED) is 0.521. The normalized spacial score (nSPS) is 14.1. The molecular formula is C4H9FO2. The van der Waals surface area contributed by atoms with Gasteiger partial charge >= 0.3 is 0 Å². The molecule has 0 aliphatic rings. The minimum absolute atomic E-state index is 0.0382. The van der Waals surface area contributed by atoms with Crippen molar-refractivity contribution in [1.82, 2.24) is 0 Å². The van der Waals surface area contributed by atoms with Crippen LogP contribution in [0.4, 0.5) is 4.39 Å². The van der Waals surface area contributed by atoms with Crippen LogP contribution in [0.15, 0.2) is 0 Å². The Bertz CT molecular complexity index is 40.7. The highest BCUT2D eigenvalue weighted by Crippen LogP contribution is 1.87. The number of rotatable bonds is 3. The highest BCUT2D eigenvalue weighted by atomic mass is 19.1. The van der Waals surface area contributed by atoms with Crippen molar-refractivity contribution in [1.29, 1.82) is 0 Å². The van der Waals surface area contributed by atoms with Crippen molar-refractivity contribution in [2.45, 2.75) is 12.5 Å². The second-order valence-corrected chi connectivity index (χ2v) is 1.31. The SMILES string of the molecule is OC[C@@H](O)CCF. The predicted octanol–water partition coefficient (Wildman–Crippen LogP) is -0.301. The molecule has 0 unspecified atom stereocenters. The van der Waals surface area contributed by atoms with Crippen LogP contribution in [0.1, 0.15) is 6.42 Å². The summed E-state index contributed by atoms with van der Waals surface area (Å²) in [6.07, 6.45) is -0.832. The van der Waals surface area contributed by atoms with Crippen molar-refractivity contribution >= 4 is 0 Å². The second-order valence-electron chi connectivity index (χ2n) is 1.31. The van der Waals surface area contributed by atoms with Gasteiger partial charge in [0.2, 0.25) is 0 Å². The minimum Gasteiger partial charge on any atom is -0.394 e. The van der Waals surface area contributed by atoms with E-state index in [-0.39, 0.29) is 13.0 Å². The van der Waals surface area contributed by atoms with Gasteiger partial charge in [-0.1, -0.05) is 0 Å². The van der Waals surface area contributed by atoms with Gasteiger partial charge in [-0.3, -0.25) is 4.39 Å². The summed E-state index contributed by atoms with van der Waals surface area (Å²) < 4.78 is 11.2. The summed E-state index contributed by atoms with van der Waals surface area (Å²) in [6, 6.07) is 0. The summed E-state index contributed by atoms with van der Waals surface area (Å²) in [5, 5.41) is 16.4. The Kier molecular flexibility index (Phi) is 3.93. The topological polar surface area (TPSA) is 40.5 Å². The van der Waals surface area contributed by atoms with E-state index in [0.717, 1.165) is 0 Å². The number of alkyl halides is 1. The molecule has 0 amide bonds. The van der Waals surface area contributed by atoms with Gasteiger partial charge in [-0.15, -0.1) is 0 Å². The molecule has 0 saturated carbocycles. The molecule has 0 bridgehead atoms. The number of aliphatic hydroxyl groups is 2. The maximum absolute atomic E-state index is 11.2. The highest BCUT2D eigenvalue weighted by molar-refractivity contribution is 4.48. The fourth-order valence-corrected chi connectivity index (χ4v) is 0.217. The molecule has 0 aromatic heterocycles. The monoisotopic (exact) mass is 108 g/mol. The van der Waals surface area contributed by atoms with Crippen molar-refractivity contribution in [3.8, 4) is 0 Å². The first-order chi connectivity index (χ1) is 3.31. The lowest BCUT2D eigenvalue weighted by atomic mass is 10.3. The molecule has 0 aliphatic heterocycles. The standard InChI is InChI=1S/C4H9FO2/c5-2-1-4(7)3-6/h4,6-7H,1-3H2/t4-/m0/s1. The molecule has 0 aliphatic carbocycles. The van der Waals surface area contributed by atoms with E-state index in [2.05, 4.69) is 0 Å². The van der Waals surface area contributed by atoms with E-state index >= 15 is 0 Å². The first-order valence-electron chi connectivity index (χ1n) is 2.16. The molecule has 1 atom stereocenters. The van der Waals surface area contributed by atoms with Crippen LogP contribution >= 0.6 is 0 Å². The van der Waals surface area contributed by atoms with Gasteiger partial charge in [0.25, 0.3) is 0 Å². The smallest absolute Gasteiger partial charge is 0.0919 e. The molecule has 7 heavy (non-hydrogen) atoms. The third kappa shape index (κ3) is 3.69. The number of hydrogen-bond acceptors (Lipinski definition) is 2. The summed E-state index contributed by atoms with van der Waals surface area (Å²) in [6.45, 7) is -0.911. The molecule has 44 valence electrons. The predicted molar refractivity (Wildman–Crippen MR) is 23.7 cm³/mol. The first kappa shape index (κ1) is 6.85. The van der Waals surface area contributed by atoms with Gasteiger partial charge in [-0.25, -0.2) is 0 Å². The van der Waals surface area contributed by atoms with Gasteiger partial charge in [0.05, 0.1) is 19.4 Å². The molecule has 0 radical (unpaired) electrons. The fraction of sp³-hybridized carbons (Fsp3) is 1.00. The third-order valence-electron chi connectivity index (χ3n) is 0.653. The van der Waals surface area contributed by atoms with Crippen LogP contribution in [0.25, 0.3) is 0 Å². The van der Waals surface area contributed by atoms with Crippen LogP contribution in [0.2, 0.25) is 0 Å². The lowest BCUT2D eigenvalue weighted by Crippen LogP contribution is -2.11. The highest BCUT2D eigenvalue weighted by Gasteiger charge is 1.97. The Balaban J connectivity index is 2.83. The van der Waals surface area contributed by atoms with E-state index in [9.17, 15) is 4.39 Å². The van der Waals surface area contributed by atoms with E-state index in [1.54, 1.807) is 0 Å². The van der Waals surface area contributed by atoms with E-state index in [0.29, 0.717) is 0 Å². The van der Waals surface area contributed by atoms with Crippen molar-refractivity contribution in [2.75, 3.05) is 13.3 Å². The molecule has 3 heteroatoms. The maximum Gasteiger partial charge on any atom is 0.0919 e. The summed E-state index contributed by atoms with van der Waals surface area (Å²) in [5.41, 5.74) is 0. The van der Waals surface area contributed by atoms with Crippen LogP contribution in [0.5, 0.6) is 0 Å². The zero-order chi connectivity index (χ0) is 5.70. The molecular weight excluding hydrogens is 99.0 g/mol. The van der Waals surface area contributed by atoms with E-state index < -0.39 is 12.8 Å². The van der Waals surface area contributed by atoms with Crippen LogP contribution in [0, 0.1) is 0 Å². The Morgan fingerprint density at radius 3 is 2.29 bits per heavy atom. The summed E-state index contributed by atoms with van der Waals surface area (Å²) >= 11 is 0. The first-order valence-corrected chi connectivity index (χ1v) is 2.16. The van der Waals surface area contributed by atoms with Gasteiger partial charge in [-0.05, 0) is 0 Å². The zero-order valence-corrected chi connectivity index (χ0v) is 3.97. The minimum atomic E-state index is -0.870. The van der Waals surface area contributed by atoms with Gasteiger partial charge in [0, 0.05) is 6.42 Å². The molecule has 0 rings (SSSR count). The van der Waals surface area contributed by atoms with E-state index in [1.165, 1.54) is 0 Å². The molecule has 0 saturated heterocycles. The van der Waals surface area contributed by atoms with Crippen LogP contribution in [0.3, 0.4) is 0 Å². The summed E-state index contributed by atoms with van der Waals surface area (Å²) in [4.78, 5) is 0. The average molecular weight is 108 g/mol. The molecule has 0 fully saturated rings. The van der Waals surface area contributed by atoms with Crippen LogP contribution in [-0.4, -0.2) is 29.6 Å². The van der Waals surface area contributed by atoms with Gasteiger partial charge in [0.15, 0.2) is 0 Å². The Hall–Kier alpha value is -0.150. The lowest BCUT2D eigenvalue weighted by molar-refractivity contribution is 0.0824. The van der Waals surface area contributed by atoms with Crippen molar-refractivity contribution in [3.05, 3.63) is 0 Å². The number of halogens is 1. The maximum atomic E-state index is 11.2. The van der Waals surface area contributed by atoms with Crippen LogP contribution in [-0.2, 0) is 0 Å². The Morgan fingerprint density at radius 1 is 1.57 bits per heavy atom. The molecule has 2 N–H and O–H groups in total. The second kappa shape index (κ2) is 4.02. The number of aliphatic hydroxyl groups excluding tert-OH is 2. The molecule has 0 spiro atoms. The average Bonchev–Trinajstić information content (AvgIpc) is 1.68. The van der Waals surface area contributed by atoms with Crippen molar-refractivity contribution in [3.63, 3.8) is 0 Å². The van der Waals surface area contributed by atoms with E-state index in [1.807, 2.05) is 0 Å². The number of hydrogen-bond donors (Lipinski definition) is 2. The van der Waals surface area contributed by atoms with Gasteiger partial charge in [-0.2, -0.15) is 0 Å². The lowest BCUT2D eigenvalue weighted by Gasteiger charge is -1.99.